The maximum atomic E-state index is 13.4. The van der Waals surface area contributed by atoms with Crippen molar-refractivity contribution in [3.05, 3.63) is 61.0 Å². The SMILES string of the molecule is CCOc1cc(C=Nn2c(C(C)(C)C)nc3ccc(Br)cc3c2=O)cc(Br)c1OCC(=O)OC(C)C. The van der Waals surface area contributed by atoms with E-state index >= 15 is 0 Å². The molecule has 0 radical (unpaired) electrons. The molecule has 1 heterocycles. The summed E-state index contributed by atoms with van der Waals surface area (Å²) in [4.78, 5) is 30.0. The standard InChI is InChI=1S/C26H29Br2N3O5/c1-7-34-21-11-16(10-19(28)23(21)35-14-22(32)36-15(2)3)13-29-31-24(33)18-12-17(27)8-9-20(18)30-25(31)26(4,5)6/h8-13,15H,7,14H2,1-6H3. The van der Waals surface area contributed by atoms with Crippen LogP contribution in [0.5, 0.6) is 11.5 Å². The minimum atomic E-state index is -0.477. The number of rotatable bonds is 8. The number of carbonyl (C=O) groups excluding carboxylic acids is 1. The van der Waals surface area contributed by atoms with E-state index in [1.807, 2.05) is 39.8 Å². The highest BCUT2D eigenvalue weighted by Crippen LogP contribution is 2.36. The van der Waals surface area contributed by atoms with Crippen molar-refractivity contribution < 1.29 is 19.0 Å². The lowest BCUT2D eigenvalue weighted by Crippen LogP contribution is -2.29. The molecule has 0 fully saturated rings. The number of hydrogen-bond donors (Lipinski definition) is 0. The molecule has 3 rings (SSSR count). The van der Waals surface area contributed by atoms with Gasteiger partial charge in [0.25, 0.3) is 5.56 Å². The van der Waals surface area contributed by atoms with E-state index in [0.29, 0.717) is 44.9 Å². The Morgan fingerprint density at radius 3 is 2.53 bits per heavy atom. The van der Waals surface area contributed by atoms with E-state index < -0.39 is 11.4 Å². The zero-order valence-electron chi connectivity index (χ0n) is 21.1. The molecule has 0 saturated carbocycles. The molecular weight excluding hydrogens is 594 g/mol. The first-order valence-corrected chi connectivity index (χ1v) is 13.0. The molecule has 10 heteroatoms. The Bertz CT molecular complexity index is 1360. The fourth-order valence-corrected chi connectivity index (χ4v) is 4.29. The predicted molar refractivity (Wildman–Crippen MR) is 147 cm³/mol. The summed E-state index contributed by atoms with van der Waals surface area (Å²) < 4.78 is 19.2. The summed E-state index contributed by atoms with van der Waals surface area (Å²) in [7, 11) is 0. The minimum Gasteiger partial charge on any atom is -0.490 e. The van der Waals surface area contributed by atoms with Crippen molar-refractivity contribution in [1.29, 1.82) is 0 Å². The fourth-order valence-electron chi connectivity index (χ4n) is 3.36. The van der Waals surface area contributed by atoms with Crippen LogP contribution in [-0.4, -0.2) is 41.2 Å². The molecule has 36 heavy (non-hydrogen) atoms. The molecule has 0 aliphatic heterocycles. The third-order valence-electron chi connectivity index (χ3n) is 4.83. The summed E-state index contributed by atoms with van der Waals surface area (Å²) >= 11 is 6.91. The maximum Gasteiger partial charge on any atom is 0.344 e. The average Bonchev–Trinajstić information content (AvgIpc) is 2.77. The van der Waals surface area contributed by atoms with Gasteiger partial charge in [0, 0.05) is 9.89 Å². The lowest BCUT2D eigenvalue weighted by Gasteiger charge is -2.21. The predicted octanol–water partition coefficient (Wildman–Crippen LogP) is 5.83. The fraction of sp³-hybridized carbons (Fsp3) is 0.385. The van der Waals surface area contributed by atoms with Crippen molar-refractivity contribution >= 4 is 54.9 Å². The molecule has 0 N–H and O–H groups in total. The monoisotopic (exact) mass is 621 g/mol. The van der Waals surface area contributed by atoms with Crippen molar-refractivity contribution in [2.24, 2.45) is 5.10 Å². The van der Waals surface area contributed by atoms with Gasteiger partial charge in [-0.1, -0.05) is 36.7 Å². The number of hydrogen-bond acceptors (Lipinski definition) is 7. The molecule has 0 bridgehead atoms. The molecule has 1 aromatic heterocycles. The van der Waals surface area contributed by atoms with Gasteiger partial charge in [-0.2, -0.15) is 9.78 Å². The maximum absolute atomic E-state index is 13.4. The Hall–Kier alpha value is -2.72. The van der Waals surface area contributed by atoms with Crippen LogP contribution in [0.25, 0.3) is 10.9 Å². The molecule has 0 amide bonds. The van der Waals surface area contributed by atoms with Gasteiger partial charge >= 0.3 is 5.97 Å². The minimum absolute atomic E-state index is 0.235. The number of nitrogens with zero attached hydrogens (tertiary/aromatic N) is 3. The molecular formula is C26H29Br2N3O5. The summed E-state index contributed by atoms with van der Waals surface area (Å²) in [6.07, 6.45) is 1.33. The van der Waals surface area contributed by atoms with E-state index in [1.54, 1.807) is 38.3 Å². The van der Waals surface area contributed by atoms with Gasteiger partial charge in [-0.25, -0.2) is 9.78 Å². The first-order valence-electron chi connectivity index (χ1n) is 11.5. The van der Waals surface area contributed by atoms with Crippen molar-refractivity contribution in [2.75, 3.05) is 13.2 Å². The van der Waals surface area contributed by atoms with E-state index in [4.69, 9.17) is 19.2 Å². The molecule has 0 saturated heterocycles. The van der Waals surface area contributed by atoms with E-state index in [2.05, 4.69) is 37.0 Å². The molecule has 8 nitrogen and oxygen atoms in total. The van der Waals surface area contributed by atoms with Gasteiger partial charge in [-0.15, -0.1) is 0 Å². The average molecular weight is 623 g/mol. The summed E-state index contributed by atoms with van der Waals surface area (Å²) in [5, 5.41) is 4.97. The molecule has 0 aliphatic rings. The van der Waals surface area contributed by atoms with Crippen LogP contribution in [0.2, 0.25) is 0 Å². The zero-order valence-corrected chi connectivity index (χ0v) is 24.3. The highest BCUT2D eigenvalue weighted by molar-refractivity contribution is 9.10. The van der Waals surface area contributed by atoms with Crippen LogP contribution in [0.15, 0.2) is 49.2 Å². The van der Waals surface area contributed by atoms with Gasteiger partial charge in [0.1, 0.15) is 5.82 Å². The molecule has 0 aliphatic carbocycles. The van der Waals surface area contributed by atoms with Crippen LogP contribution in [0.1, 0.15) is 52.9 Å². The lowest BCUT2D eigenvalue weighted by molar-refractivity contribution is -0.149. The quantitative estimate of drug-likeness (QED) is 0.232. The Labute approximate surface area is 226 Å². The van der Waals surface area contributed by atoms with Crippen molar-refractivity contribution in [2.45, 2.75) is 53.1 Å². The third-order valence-corrected chi connectivity index (χ3v) is 5.92. The smallest absolute Gasteiger partial charge is 0.344 e. The zero-order chi connectivity index (χ0) is 26.6. The van der Waals surface area contributed by atoms with Crippen LogP contribution in [-0.2, 0) is 14.9 Å². The molecule has 3 aromatic rings. The summed E-state index contributed by atoms with van der Waals surface area (Å²) in [6, 6.07) is 8.90. The summed E-state index contributed by atoms with van der Waals surface area (Å²) in [5.41, 5.74) is 0.564. The molecule has 0 atom stereocenters. The summed E-state index contributed by atoms with van der Waals surface area (Å²) in [6.45, 7) is 11.5. The van der Waals surface area contributed by atoms with Gasteiger partial charge in [0.15, 0.2) is 18.1 Å². The number of benzene rings is 2. The van der Waals surface area contributed by atoms with Crippen molar-refractivity contribution in [3.63, 3.8) is 0 Å². The van der Waals surface area contributed by atoms with Gasteiger partial charge < -0.3 is 14.2 Å². The van der Waals surface area contributed by atoms with Gasteiger partial charge in [-0.3, -0.25) is 4.79 Å². The number of ether oxygens (including phenoxy) is 3. The Kier molecular flexibility index (Phi) is 8.94. The van der Waals surface area contributed by atoms with Crippen LogP contribution in [0.3, 0.4) is 0 Å². The van der Waals surface area contributed by atoms with Gasteiger partial charge in [0.2, 0.25) is 0 Å². The number of carbonyl (C=O) groups is 1. The van der Waals surface area contributed by atoms with Crippen molar-refractivity contribution in [3.8, 4) is 11.5 Å². The van der Waals surface area contributed by atoms with E-state index in [1.165, 1.54) is 4.68 Å². The second-order valence-corrected chi connectivity index (χ2v) is 11.1. The highest BCUT2D eigenvalue weighted by Gasteiger charge is 2.23. The molecule has 2 aromatic carbocycles. The second-order valence-electron chi connectivity index (χ2n) is 9.30. The first kappa shape index (κ1) is 27.9. The van der Waals surface area contributed by atoms with Crippen LogP contribution in [0, 0.1) is 0 Å². The van der Waals surface area contributed by atoms with Crippen LogP contribution in [0.4, 0.5) is 0 Å². The topological polar surface area (TPSA) is 92.0 Å². The van der Waals surface area contributed by atoms with E-state index in [9.17, 15) is 9.59 Å². The Morgan fingerprint density at radius 2 is 1.89 bits per heavy atom. The number of halogens is 2. The van der Waals surface area contributed by atoms with Gasteiger partial charge in [0.05, 0.1) is 34.3 Å². The number of esters is 1. The lowest BCUT2D eigenvalue weighted by atomic mass is 9.95. The molecule has 0 spiro atoms. The van der Waals surface area contributed by atoms with Crippen molar-refractivity contribution in [1.82, 2.24) is 9.66 Å². The van der Waals surface area contributed by atoms with Crippen LogP contribution >= 0.6 is 31.9 Å². The largest absolute Gasteiger partial charge is 0.490 e. The summed E-state index contributed by atoms with van der Waals surface area (Å²) in [5.74, 6) is 0.856. The number of aromatic nitrogens is 2. The van der Waals surface area contributed by atoms with E-state index in [0.717, 1.165) is 4.47 Å². The highest BCUT2D eigenvalue weighted by atomic mass is 79.9. The van der Waals surface area contributed by atoms with E-state index in [-0.39, 0.29) is 18.3 Å². The normalized spacial score (nSPS) is 11.9. The Balaban J connectivity index is 2.03. The van der Waals surface area contributed by atoms with Gasteiger partial charge in [-0.05, 0) is 72.6 Å². The third kappa shape index (κ3) is 6.73. The molecule has 0 unspecified atom stereocenters. The first-order chi connectivity index (χ1) is 16.9. The second kappa shape index (κ2) is 11.6. The van der Waals surface area contributed by atoms with Crippen LogP contribution < -0.4 is 15.0 Å². The Morgan fingerprint density at radius 1 is 1.17 bits per heavy atom. The number of fused-ring (bicyclic) bond motifs is 1. The molecule has 192 valence electrons.